The van der Waals surface area contributed by atoms with E-state index in [9.17, 15) is 0 Å². The molecule has 2 heteroatoms. The molecule has 0 amide bonds. The lowest BCUT2D eigenvalue weighted by Crippen LogP contribution is -2.26. The summed E-state index contributed by atoms with van der Waals surface area (Å²) < 4.78 is 12.2. The first kappa shape index (κ1) is 13.1. The van der Waals surface area contributed by atoms with Crippen LogP contribution < -0.4 is 0 Å². The van der Waals surface area contributed by atoms with Crippen molar-refractivity contribution < 1.29 is 9.47 Å². The summed E-state index contributed by atoms with van der Waals surface area (Å²) in [4.78, 5) is 0. The van der Waals surface area contributed by atoms with Crippen LogP contribution in [-0.2, 0) is 15.3 Å². The first-order valence-corrected chi connectivity index (χ1v) is 7.66. The molecule has 1 aliphatic heterocycles. The first-order valence-electron chi connectivity index (χ1n) is 7.66. The molecule has 4 rings (SSSR count). The quantitative estimate of drug-likeness (QED) is 0.773. The number of rotatable bonds is 1. The fourth-order valence-corrected chi connectivity index (χ4v) is 3.46. The second-order valence-electron chi connectivity index (χ2n) is 6.32. The minimum absolute atomic E-state index is 0.499. The van der Waals surface area contributed by atoms with Gasteiger partial charge in [0.2, 0.25) is 5.79 Å². The normalized spacial score (nSPS) is 18.3. The zero-order chi connectivity index (χ0) is 14.6. The van der Waals surface area contributed by atoms with Crippen LogP contribution in [0.2, 0.25) is 0 Å². The van der Waals surface area contributed by atoms with Gasteiger partial charge in [0.05, 0.1) is 13.2 Å². The second-order valence-corrected chi connectivity index (χ2v) is 6.32. The lowest BCUT2D eigenvalue weighted by Gasteiger charge is -2.25. The molecule has 2 aromatic carbocycles. The molecular formula is C19H20O2. The molecule has 1 fully saturated rings. The maximum absolute atomic E-state index is 6.12. The van der Waals surface area contributed by atoms with Gasteiger partial charge in [-0.05, 0) is 41.7 Å². The lowest BCUT2D eigenvalue weighted by atomic mass is 9.96. The molecule has 0 aromatic heterocycles. The number of hydrogen-bond acceptors (Lipinski definition) is 2. The van der Waals surface area contributed by atoms with Crippen molar-refractivity contribution in [1.82, 2.24) is 0 Å². The summed E-state index contributed by atoms with van der Waals surface area (Å²) in [5.41, 5.74) is 7.40. The van der Waals surface area contributed by atoms with E-state index >= 15 is 0 Å². The van der Waals surface area contributed by atoms with Gasteiger partial charge in [0.1, 0.15) is 0 Å². The third-order valence-corrected chi connectivity index (χ3v) is 4.58. The maximum Gasteiger partial charge on any atom is 0.223 e. The van der Waals surface area contributed by atoms with Crippen LogP contribution in [-0.4, -0.2) is 13.2 Å². The fraction of sp³-hybridized carbons (Fsp3) is 0.368. The van der Waals surface area contributed by atoms with E-state index < -0.39 is 5.79 Å². The molecule has 2 nitrogen and oxygen atoms in total. The third kappa shape index (κ3) is 1.73. The highest BCUT2D eigenvalue weighted by Gasteiger charge is 2.48. The Morgan fingerprint density at radius 2 is 1.52 bits per heavy atom. The van der Waals surface area contributed by atoms with Crippen LogP contribution in [0.15, 0.2) is 36.4 Å². The molecule has 1 saturated heterocycles. The minimum atomic E-state index is -0.679. The van der Waals surface area contributed by atoms with E-state index in [1.54, 1.807) is 0 Å². The molecule has 0 N–H and O–H groups in total. The highest BCUT2D eigenvalue weighted by Crippen LogP contribution is 2.52. The van der Waals surface area contributed by atoms with E-state index in [-0.39, 0.29) is 0 Å². The zero-order valence-corrected chi connectivity index (χ0v) is 12.8. The monoisotopic (exact) mass is 280 g/mol. The first-order chi connectivity index (χ1) is 10.1. The van der Waals surface area contributed by atoms with E-state index in [4.69, 9.17) is 9.47 Å². The summed E-state index contributed by atoms with van der Waals surface area (Å²) in [6.45, 7) is 7.86. The largest absolute Gasteiger partial charge is 0.340 e. The van der Waals surface area contributed by atoms with Crippen LogP contribution in [0.3, 0.4) is 0 Å². The Kier molecular flexibility index (Phi) is 2.75. The zero-order valence-electron chi connectivity index (χ0n) is 12.8. The average Bonchev–Trinajstić information content (AvgIpc) is 3.05. The van der Waals surface area contributed by atoms with Crippen molar-refractivity contribution in [3.63, 3.8) is 0 Å². The molecule has 108 valence electrons. The van der Waals surface area contributed by atoms with Crippen LogP contribution in [0.1, 0.15) is 42.0 Å². The molecule has 21 heavy (non-hydrogen) atoms. The van der Waals surface area contributed by atoms with Gasteiger partial charge < -0.3 is 9.47 Å². The summed E-state index contributed by atoms with van der Waals surface area (Å²) in [6.07, 6.45) is 0. The van der Waals surface area contributed by atoms with E-state index in [2.05, 4.69) is 57.2 Å². The molecule has 2 aliphatic rings. The van der Waals surface area contributed by atoms with Crippen molar-refractivity contribution in [2.24, 2.45) is 0 Å². The van der Waals surface area contributed by atoms with Crippen molar-refractivity contribution in [2.75, 3.05) is 13.2 Å². The van der Waals surface area contributed by atoms with Crippen molar-refractivity contribution >= 4 is 0 Å². The standard InChI is InChI=1S/C19H20O2/c1-12(2)14-5-7-16-15-6-4-13(3)10-17(15)19(18(16)11-14)20-8-9-21-19/h4-7,10-12H,8-9H2,1-3H3. The van der Waals surface area contributed by atoms with Gasteiger partial charge in [-0.25, -0.2) is 0 Å². The molecular weight excluding hydrogens is 260 g/mol. The predicted octanol–water partition coefficient (Wildman–Crippen LogP) is 4.35. The number of aryl methyl sites for hydroxylation is 1. The number of fused-ring (bicyclic) bond motifs is 5. The Morgan fingerprint density at radius 3 is 2.19 bits per heavy atom. The SMILES string of the molecule is Cc1ccc2c(c1)C1(OCCO1)c1cc(C(C)C)ccc1-2. The fourth-order valence-electron chi connectivity index (χ4n) is 3.46. The number of benzene rings is 2. The molecule has 0 atom stereocenters. The van der Waals surface area contributed by atoms with E-state index in [1.165, 1.54) is 27.8 Å². The van der Waals surface area contributed by atoms with Crippen LogP contribution in [0.25, 0.3) is 11.1 Å². The topological polar surface area (TPSA) is 18.5 Å². The predicted molar refractivity (Wildman–Crippen MR) is 83.4 cm³/mol. The van der Waals surface area contributed by atoms with Crippen molar-refractivity contribution in [1.29, 1.82) is 0 Å². The molecule has 2 aromatic rings. The van der Waals surface area contributed by atoms with Crippen LogP contribution in [0, 0.1) is 6.92 Å². The summed E-state index contributed by atoms with van der Waals surface area (Å²) in [7, 11) is 0. The molecule has 0 saturated carbocycles. The summed E-state index contributed by atoms with van der Waals surface area (Å²) in [5, 5.41) is 0. The molecule has 0 unspecified atom stereocenters. The third-order valence-electron chi connectivity index (χ3n) is 4.58. The van der Waals surface area contributed by atoms with Gasteiger partial charge in [0.25, 0.3) is 0 Å². The van der Waals surface area contributed by atoms with E-state index in [1.807, 2.05) is 0 Å². The van der Waals surface area contributed by atoms with Crippen molar-refractivity contribution in [3.05, 3.63) is 58.7 Å². The van der Waals surface area contributed by atoms with Gasteiger partial charge >= 0.3 is 0 Å². The van der Waals surface area contributed by atoms with E-state index in [0.717, 1.165) is 5.56 Å². The second kappa shape index (κ2) is 4.43. The number of hydrogen-bond donors (Lipinski definition) is 0. The Balaban J connectivity index is 2.00. The molecule has 1 heterocycles. The highest BCUT2D eigenvalue weighted by molar-refractivity contribution is 5.80. The summed E-state index contributed by atoms with van der Waals surface area (Å²) in [5.74, 6) is -0.180. The Morgan fingerprint density at radius 1 is 0.905 bits per heavy atom. The van der Waals surface area contributed by atoms with Crippen LogP contribution >= 0.6 is 0 Å². The van der Waals surface area contributed by atoms with Crippen molar-refractivity contribution in [2.45, 2.75) is 32.5 Å². The average molecular weight is 280 g/mol. The van der Waals surface area contributed by atoms with Gasteiger partial charge in [-0.1, -0.05) is 43.7 Å². The molecule has 1 spiro atoms. The Bertz CT molecular complexity index is 710. The Hall–Kier alpha value is -1.64. The summed E-state index contributed by atoms with van der Waals surface area (Å²) >= 11 is 0. The van der Waals surface area contributed by atoms with Crippen molar-refractivity contribution in [3.8, 4) is 11.1 Å². The number of ether oxygens (including phenoxy) is 2. The van der Waals surface area contributed by atoms with Gasteiger partial charge in [0.15, 0.2) is 0 Å². The van der Waals surface area contributed by atoms with Gasteiger partial charge in [-0.3, -0.25) is 0 Å². The molecule has 0 bridgehead atoms. The summed E-state index contributed by atoms with van der Waals surface area (Å²) in [6, 6.07) is 13.3. The van der Waals surface area contributed by atoms with Gasteiger partial charge in [-0.2, -0.15) is 0 Å². The smallest absolute Gasteiger partial charge is 0.223 e. The van der Waals surface area contributed by atoms with Gasteiger partial charge in [0, 0.05) is 11.1 Å². The maximum atomic E-state index is 6.12. The van der Waals surface area contributed by atoms with Gasteiger partial charge in [-0.15, -0.1) is 0 Å². The minimum Gasteiger partial charge on any atom is -0.340 e. The van der Waals surface area contributed by atoms with Crippen LogP contribution in [0.4, 0.5) is 0 Å². The molecule has 1 aliphatic carbocycles. The lowest BCUT2D eigenvalue weighted by molar-refractivity contribution is -0.126. The van der Waals surface area contributed by atoms with Crippen LogP contribution in [0.5, 0.6) is 0 Å². The highest BCUT2D eigenvalue weighted by atomic mass is 16.7. The Labute approximate surface area is 125 Å². The van der Waals surface area contributed by atoms with E-state index in [0.29, 0.717) is 19.1 Å². The molecule has 0 radical (unpaired) electrons.